The van der Waals surface area contributed by atoms with E-state index in [1.807, 2.05) is 30.0 Å². The first-order valence-corrected chi connectivity index (χ1v) is 12.0. The molecule has 0 fully saturated rings. The van der Waals surface area contributed by atoms with Crippen LogP contribution in [-0.4, -0.2) is 70.2 Å². The van der Waals surface area contributed by atoms with Gasteiger partial charge in [0, 0.05) is 32.6 Å². The van der Waals surface area contributed by atoms with E-state index >= 15 is 0 Å². The molecule has 8 heteroatoms. The van der Waals surface area contributed by atoms with Crippen molar-refractivity contribution in [2.75, 3.05) is 32.7 Å². The number of rotatable bonds is 7. The highest BCUT2D eigenvalue weighted by atomic mass is 19.1. The second-order valence-electron chi connectivity index (χ2n) is 9.34. The van der Waals surface area contributed by atoms with Gasteiger partial charge in [0.15, 0.2) is 18.6 Å². The smallest absolute Gasteiger partial charge is 0.411 e. The van der Waals surface area contributed by atoms with Gasteiger partial charge in [0.25, 0.3) is 0 Å². The molecular weight excluding hydrogens is 447 g/mol. The van der Waals surface area contributed by atoms with Crippen LogP contribution in [0.5, 0.6) is 5.75 Å². The van der Waals surface area contributed by atoms with Crippen LogP contribution in [0, 0.1) is 12.7 Å². The maximum absolute atomic E-state index is 14.5. The van der Waals surface area contributed by atoms with Crippen LogP contribution in [0.1, 0.15) is 35.3 Å². The minimum Gasteiger partial charge on any atom is -0.484 e. The molecule has 0 saturated carbocycles. The van der Waals surface area contributed by atoms with Gasteiger partial charge in [0.05, 0.1) is 13.1 Å². The van der Waals surface area contributed by atoms with E-state index in [0.29, 0.717) is 50.6 Å². The third-order valence-electron chi connectivity index (χ3n) is 6.86. The second kappa shape index (κ2) is 10.8. The van der Waals surface area contributed by atoms with Gasteiger partial charge in [0.2, 0.25) is 0 Å². The standard InChI is InChI=1S/C27H34FN4O3/c1-4-26(33)32-12-11-30(15-19(32)3)17-25(21-6-5-18(2)24(28)14-21)35-23-8-7-20-9-10-31(27(29)34)16-22(20)13-23/h4-8,13-14,25,27,34H,1,9-12,15-17,29H2,2-3H3/q+1/t25-,27?/m1/s1. The molecule has 4 rings (SSSR count). The Morgan fingerprint density at radius 1 is 1.23 bits per heavy atom. The van der Waals surface area contributed by atoms with Gasteiger partial charge < -0.3 is 9.84 Å². The summed E-state index contributed by atoms with van der Waals surface area (Å²) in [6, 6.07) is 11.2. The number of aryl methyl sites for hydroxylation is 1. The predicted molar refractivity (Wildman–Crippen MR) is 133 cm³/mol. The van der Waals surface area contributed by atoms with Crippen molar-refractivity contribution in [3.63, 3.8) is 0 Å². The summed E-state index contributed by atoms with van der Waals surface area (Å²) in [5, 5.41) is 9.79. The van der Waals surface area contributed by atoms with E-state index in [4.69, 9.17) is 10.5 Å². The Labute approximate surface area is 205 Å². The molecule has 2 atom stereocenters. The average molecular weight is 482 g/mol. The van der Waals surface area contributed by atoms with Crippen LogP contribution in [0.25, 0.3) is 0 Å². The van der Waals surface area contributed by atoms with Crippen LogP contribution >= 0.6 is 0 Å². The van der Waals surface area contributed by atoms with E-state index in [2.05, 4.69) is 17.5 Å². The lowest BCUT2D eigenvalue weighted by atomic mass is 9.99. The number of nitrogens with zero attached hydrogens (tertiary/aromatic N) is 3. The topological polar surface area (TPSA) is 82.0 Å². The number of benzene rings is 2. The first-order valence-electron chi connectivity index (χ1n) is 12.0. The molecule has 2 heterocycles. The molecule has 2 aliphatic rings. The Morgan fingerprint density at radius 3 is 2.71 bits per heavy atom. The summed E-state index contributed by atoms with van der Waals surface area (Å²) < 4.78 is 22.7. The SMILES string of the molecule is C=CC(=O)[N+]1=C(C)CN(C[C@@H](Oc2ccc3c(c2)CN(C(N)O)CC3)c2ccc(C)c(F)c2)CC1. The van der Waals surface area contributed by atoms with Crippen LogP contribution in [0.2, 0.25) is 0 Å². The maximum atomic E-state index is 14.5. The summed E-state index contributed by atoms with van der Waals surface area (Å²) in [6.45, 7) is 10.9. The van der Waals surface area contributed by atoms with Crippen LogP contribution in [0.4, 0.5) is 4.39 Å². The highest BCUT2D eigenvalue weighted by Gasteiger charge is 2.29. The minimum atomic E-state index is -0.998. The average Bonchev–Trinajstić information content (AvgIpc) is 2.84. The lowest BCUT2D eigenvalue weighted by molar-refractivity contribution is -0.451. The molecule has 1 amide bonds. The third kappa shape index (κ3) is 5.85. The summed E-state index contributed by atoms with van der Waals surface area (Å²) in [4.78, 5) is 16.1. The summed E-state index contributed by atoms with van der Waals surface area (Å²) in [7, 11) is 0. The molecule has 3 N–H and O–H groups in total. The summed E-state index contributed by atoms with van der Waals surface area (Å²) >= 11 is 0. The predicted octanol–water partition coefficient (Wildman–Crippen LogP) is 2.35. The van der Waals surface area contributed by atoms with Crippen molar-refractivity contribution in [3.8, 4) is 5.75 Å². The Kier molecular flexibility index (Phi) is 7.76. The zero-order valence-electron chi connectivity index (χ0n) is 20.4. The molecule has 2 aliphatic heterocycles. The van der Waals surface area contributed by atoms with Crippen molar-refractivity contribution in [2.45, 2.75) is 39.3 Å². The molecule has 186 valence electrons. The zero-order chi connectivity index (χ0) is 25.1. The van der Waals surface area contributed by atoms with E-state index in [-0.39, 0.29) is 11.7 Å². The number of fused-ring (bicyclic) bond motifs is 1. The Bertz CT molecular complexity index is 1150. The Hall–Kier alpha value is -2.91. The molecule has 0 saturated heterocycles. The molecule has 0 aliphatic carbocycles. The van der Waals surface area contributed by atoms with E-state index in [9.17, 15) is 14.3 Å². The van der Waals surface area contributed by atoms with Crippen molar-refractivity contribution in [1.29, 1.82) is 0 Å². The fraction of sp³-hybridized carbons (Fsp3) is 0.407. The fourth-order valence-electron chi connectivity index (χ4n) is 4.76. The van der Waals surface area contributed by atoms with E-state index in [1.54, 1.807) is 23.6 Å². The van der Waals surface area contributed by atoms with Crippen molar-refractivity contribution in [2.24, 2.45) is 5.73 Å². The van der Waals surface area contributed by atoms with Crippen molar-refractivity contribution in [3.05, 3.63) is 77.1 Å². The van der Waals surface area contributed by atoms with Gasteiger partial charge >= 0.3 is 5.91 Å². The number of hydrogen-bond donors (Lipinski definition) is 2. The van der Waals surface area contributed by atoms with Gasteiger partial charge in [-0.1, -0.05) is 24.8 Å². The number of carbonyl (C=O) groups excluding carboxylic acids is 1. The van der Waals surface area contributed by atoms with E-state index in [0.717, 1.165) is 23.3 Å². The second-order valence-corrected chi connectivity index (χ2v) is 9.34. The number of amides is 1. The van der Waals surface area contributed by atoms with Gasteiger partial charge in [-0.25, -0.2) is 9.18 Å². The van der Waals surface area contributed by atoms with Gasteiger partial charge in [-0.05, 0) is 53.8 Å². The molecule has 0 spiro atoms. The van der Waals surface area contributed by atoms with Gasteiger partial charge in [-0.15, -0.1) is 0 Å². The molecule has 1 unspecified atom stereocenters. The van der Waals surface area contributed by atoms with E-state index < -0.39 is 12.5 Å². The number of ether oxygens (including phenoxy) is 1. The first kappa shape index (κ1) is 25.2. The monoisotopic (exact) mass is 481 g/mol. The summed E-state index contributed by atoms with van der Waals surface area (Å²) in [6.07, 6.45) is 0.736. The summed E-state index contributed by atoms with van der Waals surface area (Å²) in [5.74, 6) is 0.323. The molecule has 35 heavy (non-hydrogen) atoms. The van der Waals surface area contributed by atoms with Gasteiger partial charge in [0.1, 0.15) is 17.7 Å². The molecule has 0 radical (unpaired) electrons. The fourth-order valence-corrected chi connectivity index (χ4v) is 4.76. The number of aliphatic hydroxyl groups is 1. The van der Waals surface area contributed by atoms with Crippen LogP contribution in [0.15, 0.2) is 49.1 Å². The van der Waals surface area contributed by atoms with Gasteiger partial charge in [-0.2, -0.15) is 4.58 Å². The van der Waals surface area contributed by atoms with Crippen LogP contribution < -0.4 is 10.5 Å². The molecule has 2 aromatic rings. The van der Waals surface area contributed by atoms with Crippen molar-refractivity contribution >= 4 is 11.6 Å². The molecular formula is C27H34FN4O3+. The minimum absolute atomic E-state index is 0.0961. The normalized spacial score (nSPS) is 18.7. The van der Waals surface area contributed by atoms with Crippen LogP contribution in [0.3, 0.4) is 0 Å². The summed E-state index contributed by atoms with van der Waals surface area (Å²) in [5.41, 5.74) is 10.2. The number of carbonyl (C=O) groups is 1. The highest BCUT2D eigenvalue weighted by molar-refractivity contribution is 5.89. The lowest BCUT2D eigenvalue weighted by Gasteiger charge is -2.32. The third-order valence-corrected chi connectivity index (χ3v) is 6.86. The number of halogens is 1. The Balaban J connectivity index is 1.57. The molecule has 7 nitrogen and oxygen atoms in total. The van der Waals surface area contributed by atoms with Crippen molar-refractivity contribution in [1.82, 2.24) is 9.80 Å². The number of hydrogen-bond acceptors (Lipinski definition) is 6. The number of nitrogens with two attached hydrogens (primary N) is 1. The molecule has 0 aromatic heterocycles. The first-order chi connectivity index (χ1) is 16.7. The van der Waals surface area contributed by atoms with Gasteiger partial charge in [-0.3, -0.25) is 15.5 Å². The van der Waals surface area contributed by atoms with Crippen LogP contribution in [-0.2, 0) is 17.8 Å². The highest BCUT2D eigenvalue weighted by Crippen LogP contribution is 2.29. The number of aliphatic hydroxyl groups excluding tert-OH is 1. The van der Waals surface area contributed by atoms with Crippen molar-refractivity contribution < 1.29 is 23.6 Å². The van der Waals surface area contributed by atoms with E-state index in [1.165, 1.54) is 11.6 Å². The zero-order valence-corrected chi connectivity index (χ0v) is 20.4. The Morgan fingerprint density at radius 2 is 2.03 bits per heavy atom. The largest absolute Gasteiger partial charge is 0.484 e. The lowest BCUT2D eigenvalue weighted by Crippen LogP contribution is -2.47. The molecule has 2 aromatic carbocycles. The maximum Gasteiger partial charge on any atom is 0.411 e. The quantitative estimate of drug-likeness (QED) is 0.359. The molecule has 0 bridgehead atoms.